The lowest BCUT2D eigenvalue weighted by atomic mass is 10.2. The number of carbonyl (C=O) groups is 2. The summed E-state index contributed by atoms with van der Waals surface area (Å²) in [7, 11) is 0. The average Bonchev–Trinajstić information content (AvgIpc) is 2.62. The number of benzene rings is 2. The molecule has 0 aliphatic rings. The number of anilines is 1. The van der Waals surface area contributed by atoms with E-state index >= 15 is 0 Å². The average molecular weight is 393 g/mol. The Morgan fingerprint density at radius 2 is 2.04 bits per heavy atom. The van der Waals surface area contributed by atoms with Crippen LogP contribution in [0.25, 0.3) is 6.08 Å². The highest BCUT2D eigenvalue weighted by atomic mass is 35.5. The molecule has 7 nitrogen and oxygen atoms in total. The minimum absolute atomic E-state index is 0.0802. The van der Waals surface area contributed by atoms with E-state index in [0.717, 1.165) is 12.1 Å². The molecule has 2 aromatic carbocycles. The van der Waals surface area contributed by atoms with Crippen LogP contribution in [0.2, 0.25) is 5.02 Å². The zero-order valence-electron chi connectivity index (χ0n) is 14.1. The molecule has 9 heteroatoms. The second kappa shape index (κ2) is 8.91. The van der Waals surface area contributed by atoms with Gasteiger partial charge in [0.15, 0.2) is 6.61 Å². The van der Waals surface area contributed by atoms with E-state index in [2.05, 4.69) is 5.32 Å². The van der Waals surface area contributed by atoms with Gasteiger partial charge in [0, 0.05) is 23.9 Å². The number of non-ortho nitro benzene ring substituents is 1. The maximum absolute atomic E-state index is 13.1. The van der Waals surface area contributed by atoms with E-state index in [4.69, 9.17) is 16.3 Å². The molecular weight excluding hydrogens is 379 g/mol. The molecule has 0 saturated carbocycles. The van der Waals surface area contributed by atoms with Gasteiger partial charge in [-0.3, -0.25) is 14.9 Å². The van der Waals surface area contributed by atoms with Crippen molar-refractivity contribution in [2.75, 3.05) is 11.9 Å². The van der Waals surface area contributed by atoms with Crippen LogP contribution < -0.4 is 5.32 Å². The molecular formula is C18H14ClFN2O5. The maximum atomic E-state index is 13.1. The Kier molecular flexibility index (Phi) is 6.62. The van der Waals surface area contributed by atoms with E-state index in [-0.39, 0.29) is 10.7 Å². The second-order valence-corrected chi connectivity index (χ2v) is 5.83. The molecule has 1 amide bonds. The van der Waals surface area contributed by atoms with Crippen molar-refractivity contribution in [1.29, 1.82) is 0 Å². The predicted octanol–water partition coefficient (Wildman–Crippen LogP) is 3.89. The zero-order valence-corrected chi connectivity index (χ0v) is 14.8. The molecule has 1 N–H and O–H groups in total. The molecule has 0 atom stereocenters. The van der Waals surface area contributed by atoms with Gasteiger partial charge in [0.2, 0.25) is 0 Å². The molecule has 0 unspecified atom stereocenters. The standard InChI is InChI=1S/C18H14ClFN2O5/c1-11-8-13(22(25)26)4-6-16(11)21-17(23)10-27-18(24)7-3-12-2-5-15(20)14(19)9-12/h2-9H,10H2,1H3,(H,21,23)/b7-3+. The number of hydrogen-bond donors (Lipinski definition) is 1. The number of nitro benzene ring substituents is 1. The van der Waals surface area contributed by atoms with E-state index in [0.29, 0.717) is 16.8 Å². The number of nitrogens with one attached hydrogen (secondary N) is 1. The van der Waals surface area contributed by atoms with Crippen molar-refractivity contribution in [3.63, 3.8) is 0 Å². The van der Waals surface area contributed by atoms with Crippen LogP contribution in [0.5, 0.6) is 0 Å². The van der Waals surface area contributed by atoms with E-state index in [1.165, 1.54) is 36.4 Å². The largest absolute Gasteiger partial charge is 0.452 e. The van der Waals surface area contributed by atoms with E-state index in [9.17, 15) is 24.1 Å². The van der Waals surface area contributed by atoms with E-state index < -0.39 is 29.2 Å². The molecule has 0 fully saturated rings. The molecule has 140 valence electrons. The highest BCUT2D eigenvalue weighted by molar-refractivity contribution is 6.30. The zero-order chi connectivity index (χ0) is 20.0. The van der Waals surface area contributed by atoms with Crippen LogP contribution in [0.15, 0.2) is 42.5 Å². The number of nitrogens with zero attached hydrogens (tertiary/aromatic N) is 1. The van der Waals surface area contributed by atoms with Gasteiger partial charge in [0.1, 0.15) is 5.82 Å². The van der Waals surface area contributed by atoms with Gasteiger partial charge in [-0.15, -0.1) is 0 Å². The highest BCUT2D eigenvalue weighted by Gasteiger charge is 2.11. The minimum atomic E-state index is -0.772. The van der Waals surface area contributed by atoms with Crippen molar-refractivity contribution in [3.05, 3.63) is 74.6 Å². The summed E-state index contributed by atoms with van der Waals surface area (Å²) in [6, 6.07) is 7.89. The number of aryl methyl sites for hydroxylation is 1. The molecule has 0 radical (unpaired) electrons. The lowest BCUT2D eigenvalue weighted by molar-refractivity contribution is -0.384. The Balaban J connectivity index is 1.87. The van der Waals surface area contributed by atoms with Gasteiger partial charge < -0.3 is 10.1 Å². The number of halogens is 2. The molecule has 0 bridgehead atoms. The van der Waals surface area contributed by atoms with Crippen LogP contribution in [0.3, 0.4) is 0 Å². The SMILES string of the molecule is Cc1cc([N+](=O)[O-])ccc1NC(=O)COC(=O)/C=C/c1ccc(F)c(Cl)c1. The van der Waals surface area contributed by atoms with Crippen molar-refractivity contribution in [2.24, 2.45) is 0 Å². The summed E-state index contributed by atoms with van der Waals surface area (Å²) < 4.78 is 17.9. The molecule has 2 rings (SSSR count). The first-order valence-corrected chi connectivity index (χ1v) is 7.99. The molecule has 0 aliphatic heterocycles. The summed E-state index contributed by atoms with van der Waals surface area (Å²) in [4.78, 5) is 33.6. The van der Waals surface area contributed by atoms with Crippen molar-refractivity contribution in [1.82, 2.24) is 0 Å². The smallest absolute Gasteiger partial charge is 0.331 e. The minimum Gasteiger partial charge on any atom is -0.452 e. The third-order valence-corrected chi connectivity index (χ3v) is 3.69. The van der Waals surface area contributed by atoms with E-state index in [1.54, 1.807) is 6.92 Å². The molecule has 0 aliphatic carbocycles. The number of ether oxygens (including phenoxy) is 1. The fourth-order valence-electron chi connectivity index (χ4n) is 2.05. The normalized spacial score (nSPS) is 10.6. The van der Waals surface area contributed by atoms with Gasteiger partial charge in [-0.05, 0) is 42.3 Å². The van der Waals surface area contributed by atoms with Gasteiger partial charge in [-0.2, -0.15) is 0 Å². The summed E-state index contributed by atoms with van der Waals surface area (Å²) >= 11 is 5.63. The Morgan fingerprint density at radius 3 is 2.67 bits per heavy atom. The number of nitro groups is 1. The number of rotatable bonds is 6. The fraction of sp³-hybridized carbons (Fsp3) is 0.111. The van der Waals surface area contributed by atoms with Crippen LogP contribution >= 0.6 is 11.6 Å². The van der Waals surface area contributed by atoms with Gasteiger partial charge >= 0.3 is 5.97 Å². The van der Waals surface area contributed by atoms with Crippen LogP contribution in [0.4, 0.5) is 15.8 Å². The van der Waals surface area contributed by atoms with Crippen LogP contribution in [-0.4, -0.2) is 23.4 Å². The van der Waals surface area contributed by atoms with Crippen LogP contribution in [0, 0.1) is 22.9 Å². The Bertz CT molecular complexity index is 930. The van der Waals surface area contributed by atoms with Crippen molar-refractivity contribution < 1.29 is 23.6 Å². The Labute approximate surface area is 158 Å². The summed E-state index contributed by atoms with van der Waals surface area (Å²) in [6.45, 7) is 1.06. The summed E-state index contributed by atoms with van der Waals surface area (Å²) in [5.41, 5.74) is 1.27. The van der Waals surface area contributed by atoms with Crippen molar-refractivity contribution in [2.45, 2.75) is 6.92 Å². The molecule has 2 aromatic rings. The molecule has 27 heavy (non-hydrogen) atoms. The first-order valence-electron chi connectivity index (χ1n) is 7.61. The molecule has 0 aromatic heterocycles. The predicted molar refractivity (Wildman–Crippen MR) is 97.9 cm³/mol. The lowest BCUT2D eigenvalue weighted by Gasteiger charge is -2.08. The van der Waals surface area contributed by atoms with Gasteiger partial charge in [0.05, 0.1) is 9.95 Å². The quantitative estimate of drug-likeness (QED) is 0.348. The monoisotopic (exact) mass is 392 g/mol. The summed E-state index contributed by atoms with van der Waals surface area (Å²) in [5, 5.41) is 13.1. The topological polar surface area (TPSA) is 98.5 Å². The summed E-state index contributed by atoms with van der Waals surface area (Å²) in [6.07, 6.45) is 2.44. The Morgan fingerprint density at radius 1 is 1.30 bits per heavy atom. The maximum Gasteiger partial charge on any atom is 0.331 e. The first kappa shape index (κ1) is 20.1. The van der Waals surface area contributed by atoms with Crippen molar-refractivity contribution in [3.8, 4) is 0 Å². The highest BCUT2D eigenvalue weighted by Crippen LogP contribution is 2.21. The summed E-state index contributed by atoms with van der Waals surface area (Å²) in [5.74, 6) is -1.95. The Hall–Kier alpha value is -3.26. The molecule has 0 saturated heterocycles. The number of hydrogen-bond acceptors (Lipinski definition) is 5. The number of carbonyl (C=O) groups excluding carboxylic acids is 2. The fourth-order valence-corrected chi connectivity index (χ4v) is 2.24. The molecule has 0 heterocycles. The van der Waals surface area contributed by atoms with Gasteiger partial charge in [0.25, 0.3) is 11.6 Å². The number of esters is 1. The second-order valence-electron chi connectivity index (χ2n) is 5.42. The number of amides is 1. The third-order valence-electron chi connectivity index (χ3n) is 3.40. The van der Waals surface area contributed by atoms with Crippen molar-refractivity contribution >= 4 is 40.9 Å². The van der Waals surface area contributed by atoms with Crippen LogP contribution in [0.1, 0.15) is 11.1 Å². The lowest BCUT2D eigenvalue weighted by Crippen LogP contribution is -2.20. The van der Waals surface area contributed by atoms with E-state index in [1.807, 2.05) is 0 Å². The first-order chi connectivity index (χ1) is 12.8. The third kappa shape index (κ3) is 5.89. The van der Waals surface area contributed by atoms with Gasteiger partial charge in [-0.25, -0.2) is 9.18 Å². The van der Waals surface area contributed by atoms with Gasteiger partial charge in [-0.1, -0.05) is 17.7 Å². The van der Waals surface area contributed by atoms with Crippen LogP contribution in [-0.2, 0) is 14.3 Å². The molecule has 0 spiro atoms.